The fraction of sp³-hybridized carbons (Fsp3) is 0.273. The van der Waals surface area contributed by atoms with Crippen LogP contribution in [0.1, 0.15) is 16.8 Å². The zero-order valence-electron chi connectivity index (χ0n) is 8.39. The van der Waals surface area contributed by atoms with Crippen LogP contribution in [0.15, 0.2) is 22.7 Å². The Kier molecular flexibility index (Phi) is 3.07. The molecule has 0 aromatic heterocycles. The van der Waals surface area contributed by atoms with E-state index in [0.29, 0.717) is 17.5 Å². The molecule has 1 aromatic carbocycles. The molecule has 5 heteroatoms. The molecule has 16 heavy (non-hydrogen) atoms. The number of hydrogen-bond donors (Lipinski definition) is 1. The van der Waals surface area contributed by atoms with E-state index in [1.165, 1.54) is 4.90 Å². The van der Waals surface area contributed by atoms with Crippen molar-refractivity contribution in [1.82, 2.24) is 0 Å². The van der Waals surface area contributed by atoms with E-state index < -0.39 is 6.10 Å². The van der Waals surface area contributed by atoms with Crippen LogP contribution in [0, 0.1) is 0 Å². The van der Waals surface area contributed by atoms with Crippen LogP contribution in [0.4, 0.5) is 5.69 Å². The highest BCUT2D eigenvalue weighted by molar-refractivity contribution is 9.10. The molecule has 1 fully saturated rings. The number of aliphatic hydroxyl groups is 1. The summed E-state index contributed by atoms with van der Waals surface area (Å²) in [5, 5.41) is 9.39. The van der Waals surface area contributed by atoms with Crippen molar-refractivity contribution in [2.75, 3.05) is 11.4 Å². The zero-order valence-corrected chi connectivity index (χ0v) is 9.98. The highest BCUT2D eigenvalue weighted by Gasteiger charge is 2.30. The fourth-order valence-corrected chi connectivity index (χ4v) is 2.17. The van der Waals surface area contributed by atoms with Crippen molar-refractivity contribution in [2.45, 2.75) is 12.5 Å². The predicted octanol–water partition coefficient (Wildman–Crippen LogP) is 1.36. The molecule has 0 aliphatic carbocycles. The molecule has 2 rings (SSSR count). The minimum atomic E-state index is -0.643. The molecule has 1 aliphatic rings. The largest absolute Gasteiger partial charge is 0.391 e. The lowest BCUT2D eigenvalue weighted by molar-refractivity contribution is -0.117. The van der Waals surface area contributed by atoms with Crippen LogP contribution < -0.4 is 4.90 Å². The van der Waals surface area contributed by atoms with Gasteiger partial charge in [-0.2, -0.15) is 0 Å². The van der Waals surface area contributed by atoms with Gasteiger partial charge >= 0.3 is 0 Å². The first-order chi connectivity index (χ1) is 7.61. The fourth-order valence-electron chi connectivity index (χ4n) is 1.79. The lowest BCUT2D eigenvalue weighted by Gasteiger charge is -2.17. The van der Waals surface area contributed by atoms with Gasteiger partial charge in [0.25, 0.3) is 0 Å². The van der Waals surface area contributed by atoms with Gasteiger partial charge in [-0.15, -0.1) is 0 Å². The summed E-state index contributed by atoms with van der Waals surface area (Å²) < 4.78 is 0.783. The van der Waals surface area contributed by atoms with E-state index >= 15 is 0 Å². The smallest absolute Gasteiger partial charge is 0.229 e. The molecule has 0 radical (unpaired) electrons. The molecule has 4 nitrogen and oxygen atoms in total. The maximum Gasteiger partial charge on any atom is 0.229 e. The molecule has 1 aliphatic heterocycles. The van der Waals surface area contributed by atoms with Crippen LogP contribution in [0.3, 0.4) is 0 Å². The monoisotopic (exact) mass is 283 g/mol. The van der Waals surface area contributed by atoms with Gasteiger partial charge < -0.3 is 10.0 Å². The van der Waals surface area contributed by atoms with Gasteiger partial charge in [-0.25, -0.2) is 0 Å². The number of aldehydes is 1. The number of nitrogens with zero attached hydrogens (tertiary/aromatic N) is 1. The van der Waals surface area contributed by atoms with Crippen molar-refractivity contribution in [3.8, 4) is 0 Å². The number of β-amino-alcohol motifs (C(OH)–C–C–N with tert-alkyl or cyclic N) is 1. The molecule has 1 saturated heterocycles. The van der Waals surface area contributed by atoms with Crippen LogP contribution >= 0.6 is 15.9 Å². The number of hydrogen-bond acceptors (Lipinski definition) is 3. The van der Waals surface area contributed by atoms with E-state index in [1.807, 2.05) is 0 Å². The van der Waals surface area contributed by atoms with Crippen molar-refractivity contribution >= 4 is 33.8 Å². The number of rotatable bonds is 2. The summed E-state index contributed by atoms with van der Waals surface area (Å²) >= 11 is 3.26. The Morgan fingerprint density at radius 2 is 2.25 bits per heavy atom. The number of carbonyl (C=O) groups excluding carboxylic acids is 2. The quantitative estimate of drug-likeness (QED) is 0.834. The molecular weight excluding hydrogens is 274 g/mol. The number of carbonyl (C=O) groups is 2. The highest BCUT2D eigenvalue weighted by Crippen LogP contribution is 2.27. The van der Waals surface area contributed by atoms with Gasteiger partial charge in [0.15, 0.2) is 6.29 Å². The minimum absolute atomic E-state index is 0.119. The third-order valence-electron chi connectivity index (χ3n) is 2.51. The van der Waals surface area contributed by atoms with Crippen LogP contribution in [-0.4, -0.2) is 29.9 Å². The van der Waals surface area contributed by atoms with Gasteiger partial charge in [-0.3, -0.25) is 9.59 Å². The lowest BCUT2D eigenvalue weighted by Crippen LogP contribution is -2.26. The summed E-state index contributed by atoms with van der Waals surface area (Å²) in [6.07, 6.45) is 0.183. The molecule has 1 unspecified atom stereocenters. The first-order valence-corrected chi connectivity index (χ1v) is 5.64. The third kappa shape index (κ3) is 2.01. The molecule has 84 valence electrons. The summed E-state index contributed by atoms with van der Waals surface area (Å²) in [6.45, 7) is 0.251. The number of aliphatic hydroxyl groups excluding tert-OH is 1. The first-order valence-electron chi connectivity index (χ1n) is 4.85. The molecule has 1 heterocycles. The van der Waals surface area contributed by atoms with Crippen LogP contribution in [0.2, 0.25) is 0 Å². The Bertz CT molecular complexity index is 447. The standard InChI is InChI=1S/C11H10BrNO3/c12-8-1-2-10(7(3-8)6-14)13-5-9(15)4-11(13)16/h1-3,6,9,15H,4-5H2. The Morgan fingerprint density at radius 3 is 2.81 bits per heavy atom. The van der Waals surface area contributed by atoms with E-state index in [4.69, 9.17) is 0 Å². The molecule has 1 atom stereocenters. The van der Waals surface area contributed by atoms with E-state index in [-0.39, 0.29) is 18.9 Å². The van der Waals surface area contributed by atoms with E-state index in [2.05, 4.69) is 15.9 Å². The summed E-state index contributed by atoms with van der Waals surface area (Å²) in [5.41, 5.74) is 0.997. The van der Waals surface area contributed by atoms with Crippen molar-refractivity contribution in [3.05, 3.63) is 28.2 Å². The summed E-state index contributed by atoms with van der Waals surface area (Å²) in [4.78, 5) is 23.9. The maximum absolute atomic E-state index is 11.6. The summed E-state index contributed by atoms with van der Waals surface area (Å²) in [7, 11) is 0. The summed E-state index contributed by atoms with van der Waals surface area (Å²) in [5.74, 6) is -0.155. The van der Waals surface area contributed by atoms with Gasteiger partial charge in [-0.1, -0.05) is 15.9 Å². The summed E-state index contributed by atoms with van der Waals surface area (Å²) in [6, 6.07) is 5.12. The number of anilines is 1. The predicted molar refractivity (Wildman–Crippen MR) is 62.5 cm³/mol. The maximum atomic E-state index is 11.6. The second kappa shape index (κ2) is 4.35. The van der Waals surface area contributed by atoms with Crippen molar-refractivity contribution < 1.29 is 14.7 Å². The number of benzene rings is 1. The zero-order chi connectivity index (χ0) is 11.7. The van der Waals surface area contributed by atoms with Crippen molar-refractivity contribution in [1.29, 1.82) is 0 Å². The second-order valence-corrected chi connectivity index (χ2v) is 4.60. The second-order valence-electron chi connectivity index (χ2n) is 3.68. The van der Waals surface area contributed by atoms with E-state index in [1.54, 1.807) is 18.2 Å². The molecule has 1 aromatic rings. The Hall–Kier alpha value is -1.20. The lowest BCUT2D eigenvalue weighted by atomic mass is 10.2. The molecule has 1 N–H and O–H groups in total. The SMILES string of the molecule is O=Cc1cc(Br)ccc1N1CC(O)CC1=O. The van der Waals surface area contributed by atoms with E-state index in [0.717, 1.165) is 4.47 Å². The average molecular weight is 284 g/mol. The highest BCUT2D eigenvalue weighted by atomic mass is 79.9. The normalized spacial score (nSPS) is 20.2. The minimum Gasteiger partial charge on any atom is -0.391 e. The number of amides is 1. The van der Waals surface area contributed by atoms with Gasteiger partial charge in [-0.05, 0) is 18.2 Å². The Morgan fingerprint density at radius 1 is 1.50 bits per heavy atom. The van der Waals surface area contributed by atoms with Crippen molar-refractivity contribution in [2.24, 2.45) is 0 Å². The van der Waals surface area contributed by atoms with Gasteiger partial charge in [0, 0.05) is 10.0 Å². The Balaban J connectivity index is 2.40. The molecule has 0 saturated carbocycles. The van der Waals surface area contributed by atoms with Crippen LogP contribution in [-0.2, 0) is 4.79 Å². The molecule has 0 bridgehead atoms. The van der Waals surface area contributed by atoms with E-state index in [9.17, 15) is 14.7 Å². The average Bonchev–Trinajstić information content (AvgIpc) is 2.57. The first kappa shape index (κ1) is 11.3. The van der Waals surface area contributed by atoms with Crippen LogP contribution in [0.25, 0.3) is 0 Å². The Labute approximate surface area is 101 Å². The van der Waals surface area contributed by atoms with Crippen LogP contribution in [0.5, 0.6) is 0 Å². The topological polar surface area (TPSA) is 57.6 Å². The van der Waals surface area contributed by atoms with Gasteiger partial charge in [0.1, 0.15) is 0 Å². The van der Waals surface area contributed by atoms with Gasteiger partial charge in [0.2, 0.25) is 5.91 Å². The third-order valence-corrected chi connectivity index (χ3v) is 3.01. The molecule has 0 spiro atoms. The molecular formula is C11H10BrNO3. The molecule has 1 amide bonds. The number of halogens is 1. The van der Waals surface area contributed by atoms with Gasteiger partial charge in [0.05, 0.1) is 24.8 Å². The van der Waals surface area contributed by atoms with Crippen molar-refractivity contribution in [3.63, 3.8) is 0 Å².